The highest BCUT2D eigenvalue weighted by molar-refractivity contribution is 8.82. The van der Waals surface area contributed by atoms with Gasteiger partial charge in [0.25, 0.3) is 0 Å². The van der Waals surface area contributed by atoms with E-state index in [1.165, 1.54) is 43.2 Å². The first-order valence-electron chi connectivity index (χ1n) is 7.13. The van der Waals surface area contributed by atoms with Crippen molar-refractivity contribution in [2.45, 2.75) is 51.3 Å². The SMILES string of the molecule is Cc1cc(C)c(SPSc2c(C)cc(C)cc2C)c(C)c1. The summed E-state index contributed by atoms with van der Waals surface area (Å²) in [5.74, 6) is 0. The monoisotopic (exact) mass is 334 g/mol. The summed E-state index contributed by atoms with van der Waals surface area (Å²) >= 11 is 3.98. The molecule has 0 spiro atoms. The predicted molar refractivity (Wildman–Crippen MR) is 101 cm³/mol. The zero-order chi connectivity index (χ0) is 15.6. The minimum Gasteiger partial charge on any atom is -0.0896 e. The molecule has 0 amide bonds. The Kier molecular flexibility index (Phi) is 5.82. The van der Waals surface area contributed by atoms with E-state index in [9.17, 15) is 0 Å². The number of hydrogen-bond donors (Lipinski definition) is 0. The van der Waals surface area contributed by atoms with Crippen LogP contribution in [-0.4, -0.2) is 0 Å². The van der Waals surface area contributed by atoms with Gasteiger partial charge >= 0.3 is 0 Å². The van der Waals surface area contributed by atoms with Crippen LogP contribution in [0, 0.1) is 41.5 Å². The highest BCUT2D eigenvalue weighted by Gasteiger charge is 2.08. The molecule has 0 heterocycles. The summed E-state index contributed by atoms with van der Waals surface area (Å²) < 4.78 is 0. The molecule has 0 radical (unpaired) electrons. The van der Waals surface area contributed by atoms with Crippen molar-refractivity contribution in [3.63, 3.8) is 0 Å². The highest BCUT2D eigenvalue weighted by atomic mass is 33.1. The van der Waals surface area contributed by atoms with Gasteiger partial charge in [0.2, 0.25) is 0 Å². The van der Waals surface area contributed by atoms with E-state index in [1.54, 1.807) is 0 Å². The topological polar surface area (TPSA) is 0 Å². The first-order chi connectivity index (χ1) is 9.88. The molecule has 21 heavy (non-hydrogen) atoms. The first kappa shape index (κ1) is 16.9. The second kappa shape index (κ2) is 7.22. The van der Waals surface area contributed by atoms with Crippen molar-refractivity contribution >= 4 is 29.7 Å². The van der Waals surface area contributed by atoms with Gasteiger partial charge in [-0.1, -0.05) is 58.2 Å². The van der Waals surface area contributed by atoms with Crippen LogP contribution in [0.2, 0.25) is 0 Å². The number of rotatable bonds is 4. The van der Waals surface area contributed by atoms with E-state index in [0.717, 1.165) is 6.98 Å². The van der Waals surface area contributed by atoms with Crippen LogP contribution in [0.15, 0.2) is 34.1 Å². The van der Waals surface area contributed by atoms with Gasteiger partial charge in [-0.05, 0) is 63.8 Å². The third kappa shape index (κ3) is 4.28. The number of aryl methyl sites for hydroxylation is 6. The maximum atomic E-state index is 2.28. The van der Waals surface area contributed by atoms with Gasteiger partial charge < -0.3 is 0 Å². The van der Waals surface area contributed by atoms with Gasteiger partial charge in [0.15, 0.2) is 0 Å². The van der Waals surface area contributed by atoms with E-state index >= 15 is 0 Å². The molecule has 0 aliphatic heterocycles. The minimum absolute atomic E-state index is 0.800. The Hall–Kier alpha value is -0.430. The molecule has 2 rings (SSSR count). The van der Waals surface area contributed by atoms with Crippen molar-refractivity contribution in [3.8, 4) is 0 Å². The molecule has 0 saturated carbocycles. The molecule has 0 unspecified atom stereocenters. The van der Waals surface area contributed by atoms with E-state index in [0.29, 0.717) is 0 Å². The van der Waals surface area contributed by atoms with E-state index in [1.807, 2.05) is 22.8 Å². The normalized spacial score (nSPS) is 11.0. The van der Waals surface area contributed by atoms with Crippen LogP contribution < -0.4 is 0 Å². The second-order valence-corrected chi connectivity index (χ2v) is 10.4. The largest absolute Gasteiger partial charge is 0.0896 e. The van der Waals surface area contributed by atoms with Crippen molar-refractivity contribution in [1.82, 2.24) is 0 Å². The van der Waals surface area contributed by atoms with Gasteiger partial charge in [0.05, 0.1) is 0 Å². The standard InChI is InChI=1S/C18H23PS2/c1-11-7-13(3)17(14(4)8-11)20-19-21-18-15(5)9-12(2)10-16(18)6/h7-10,19H,1-6H3. The Labute approximate surface area is 138 Å². The van der Waals surface area contributed by atoms with Gasteiger partial charge in [-0.25, -0.2) is 0 Å². The molecule has 0 nitrogen and oxygen atoms in total. The molecule has 0 aliphatic carbocycles. The van der Waals surface area contributed by atoms with Gasteiger partial charge in [-0.15, -0.1) is 0 Å². The van der Waals surface area contributed by atoms with Gasteiger partial charge in [0, 0.05) is 16.8 Å². The Morgan fingerprint density at radius 3 is 1.14 bits per heavy atom. The molecule has 2 aromatic carbocycles. The quantitative estimate of drug-likeness (QED) is 0.556. The molecule has 0 fully saturated rings. The number of hydrogen-bond acceptors (Lipinski definition) is 2. The van der Waals surface area contributed by atoms with Crippen LogP contribution in [0.3, 0.4) is 0 Å². The lowest BCUT2D eigenvalue weighted by molar-refractivity contribution is 1.19. The molecule has 0 bridgehead atoms. The Morgan fingerprint density at radius 2 is 0.857 bits per heavy atom. The molecule has 0 aromatic heterocycles. The van der Waals surface area contributed by atoms with Gasteiger partial charge in [0.1, 0.15) is 0 Å². The molecule has 0 aliphatic rings. The molecular formula is C18H23PS2. The van der Waals surface area contributed by atoms with Crippen molar-refractivity contribution in [3.05, 3.63) is 57.6 Å². The van der Waals surface area contributed by atoms with Crippen LogP contribution in [0.4, 0.5) is 0 Å². The zero-order valence-electron chi connectivity index (χ0n) is 13.6. The maximum absolute atomic E-state index is 2.28. The fraction of sp³-hybridized carbons (Fsp3) is 0.333. The van der Waals surface area contributed by atoms with E-state index < -0.39 is 0 Å². The summed E-state index contributed by atoms with van der Waals surface area (Å²) in [6.45, 7) is 14.0. The Balaban J connectivity index is 2.09. The molecule has 3 heteroatoms. The van der Waals surface area contributed by atoms with Crippen molar-refractivity contribution < 1.29 is 0 Å². The summed E-state index contributed by atoms with van der Waals surface area (Å²) in [6, 6.07) is 9.14. The van der Waals surface area contributed by atoms with Crippen LogP contribution in [0.5, 0.6) is 0 Å². The molecular weight excluding hydrogens is 311 g/mol. The van der Waals surface area contributed by atoms with Crippen LogP contribution in [0.1, 0.15) is 33.4 Å². The first-order valence-corrected chi connectivity index (χ1v) is 11.2. The highest BCUT2D eigenvalue weighted by Crippen LogP contribution is 2.53. The van der Waals surface area contributed by atoms with Crippen molar-refractivity contribution in [2.75, 3.05) is 0 Å². The minimum atomic E-state index is 0.800. The maximum Gasteiger partial charge on any atom is 0.0180 e. The molecule has 0 N–H and O–H groups in total. The van der Waals surface area contributed by atoms with Crippen molar-refractivity contribution in [1.29, 1.82) is 0 Å². The third-order valence-corrected chi connectivity index (χ3v) is 8.58. The average molecular weight is 334 g/mol. The fourth-order valence-corrected chi connectivity index (χ4v) is 8.28. The lowest BCUT2D eigenvalue weighted by Crippen LogP contribution is -1.86. The molecule has 112 valence electrons. The summed E-state index contributed by atoms with van der Waals surface area (Å²) in [5.41, 5.74) is 8.34. The van der Waals surface area contributed by atoms with Crippen molar-refractivity contribution in [2.24, 2.45) is 0 Å². The second-order valence-electron chi connectivity index (χ2n) is 5.74. The smallest absolute Gasteiger partial charge is 0.0180 e. The van der Waals surface area contributed by atoms with Crippen LogP contribution >= 0.6 is 29.7 Å². The lowest BCUT2D eigenvalue weighted by atomic mass is 10.1. The van der Waals surface area contributed by atoms with E-state index in [2.05, 4.69) is 65.8 Å². The predicted octanol–water partition coefficient (Wildman–Crippen LogP) is 6.93. The summed E-state index contributed by atoms with van der Waals surface area (Å²) in [4.78, 5) is 2.91. The summed E-state index contributed by atoms with van der Waals surface area (Å²) in [6.07, 6.45) is 0. The fourth-order valence-electron chi connectivity index (χ4n) is 2.76. The van der Waals surface area contributed by atoms with E-state index in [4.69, 9.17) is 0 Å². The average Bonchev–Trinajstić information content (AvgIpc) is 2.34. The van der Waals surface area contributed by atoms with Gasteiger partial charge in [-0.2, -0.15) is 0 Å². The van der Waals surface area contributed by atoms with Gasteiger partial charge in [-0.3, -0.25) is 0 Å². The summed E-state index contributed by atoms with van der Waals surface area (Å²) in [7, 11) is 0. The number of benzene rings is 2. The molecule has 0 saturated heterocycles. The summed E-state index contributed by atoms with van der Waals surface area (Å²) in [5, 5.41) is 0. The van der Waals surface area contributed by atoms with E-state index in [-0.39, 0.29) is 0 Å². The molecule has 0 atom stereocenters. The van der Waals surface area contributed by atoms with Crippen LogP contribution in [0.25, 0.3) is 0 Å². The Morgan fingerprint density at radius 1 is 0.571 bits per heavy atom. The Bertz CT molecular complexity index is 559. The molecule has 2 aromatic rings. The lowest BCUT2D eigenvalue weighted by Gasteiger charge is -2.13. The van der Waals surface area contributed by atoms with Crippen LogP contribution in [-0.2, 0) is 0 Å². The zero-order valence-corrected chi connectivity index (χ0v) is 16.3. The third-order valence-electron chi connectivity index (χ3n) is 3.50.